The number of carbonyl (C=O) groups is 1. The van der Waals surface area contributed by atoms with E-state index in [2.05, 4.69) is 81.4 Å². The summed E-state index contributed by atoms with van der Waals surface area (Å²) in [4.78, 5) is 11.9. The molecule has 4 nitrogen and oxygen atoms in total. The topological polar surface area (TPSA) is 44.8 Å². The summed E-state index contributed by atoms with van der Waals surface area (Å²) in [7, 11) is -2.68. The van der Waals surface area contributed by atoms with Gasteiger partial charge in [0, 0.05) is 13.5 Å². The third-order valence-electron chi connectivity index (χ3n) is 6.16. The van der Waals surface area contributed by atoms with Gasteiger partial charge in [0.05, 0.1) is 13.2 Å². The molecule has 0 fully saturated rings. The average molecular weight is 491 g/mol. The predicted octanol–water partition coefficient (Wildman–Crippen LogP) is 5.49. The maximum absolute atomic E-state index is 11.9. The number of benzene rings is 3. The molecule has 0 amide bonds. The van der Waals surface area contributed by atoms with E-state index in [1.165, 1.54) is 17.3 Å². The van der Waals surface area contributed by atoms with Crippen LogP contribution in [0, 0.1) is 0 Å². The van der Waals surface area contributed by atoms with Crippen LogP contribution in [0.5, 0.6) is 0 Å². The first-order valence-electron chi connectivity index (χ1n) is 12.4. The summed E-state index contributed by atoms with van der Waals surface area (Å²) in [5, 5.41) is 2.30. The van der Waals surface area contributed by atoms with Crippen molar-refractivity contribution >= 4 is 24.7 Å². The van der Waals surface area contributed by atoms with Crippen molar-refractivity contribution in [3.63, 3.8) is 0 Å². The Labute approximate surface area is 211 Å². The molecule has 0 aliphatic rings. The third-order valence-corrected chi connectivity index (χ3v) is 11.2. The first kappa shape index (κ1) is 26.9. The fraction of sp³-hybridized carbons (Fsp3) is 0.367. The predicted molar refractivity (Wildman–Crippen MR) is 144 cm³/mol. The second kappa shape index (κ2) is 12.8. The molecule has 0 spiro atoms. The van der Waals surface area contributed by atoms with Gasteiger partial charge in [-0.05, 0) is 33.8 Å². The van der Waals surface area contributed by atoms with E-state index in [4.69, 9.17) is 13.9 Å². The summed E-state index contributed by atoms with van der Waals surface area (Å²) in [6.07, 6.45) is 1.15. The molecule has 3 aromatic carbocycles. The van der Waals surface area contributed by atoms with Gasteiger partial charge in [0.1, 0.15) is 6.10 Å². The number of hydrogen-bond acceptors (Lipinski definition) is 4. The molecule has 1 unspecified atom stereocenters. The zero-order valence-corrected chi connectivity index (χ0v) is 22.4. The van der Waals surface area contributed by atoms with Crippen LogP contribution >= 0.6 is 0 Å². The van der Waals surface area contributed by atoms with Crippen LogP contribution in [0.2, 0.25) is 5.04 Å². The van der Waals surface area contributed by atoms with Crippen LogP contribution in [0.15, 0.2) is 91.0 Å². The van der Waals surface area contributed by atoms with Gasteiger partial charge in [0.25, 0.3) is 8.32 Å². The molecule has 0 N–H and O–H groups in total. The van der Waals surface area contributed by atoms with E-state index in [0.29, 0.717) is 26.2 Å². The van der Waals surface area contributed by atoms with Gasteiger partial charge < -0.3 is 13.9 Å². The maximum Gasteiger partial charge on any atom is 0.302 e. The Morgan fingerprint density at radius 1 is 0.829 bits per heavy atom. The van der Waals surface area contributed by atoms with Crippen molar-refractivity contribution in [3.05, 3.63) is 96.6 Å². The molecular formula is C30H38O4Si. The summed E-state index contributed by atoms with van der Waals surface area (Å²) in [6, 6.07) is 31.2. The van der Waals surface area contributed by atoms with Gasteiger partial charge in [-0.2, -0.15) is 0 Å². The fourth-order valence-corrected chi connectivity index (χ4v) is 9.16. The molecule has 0 radical (unpaired) electrons. The SMILES string of the molecule is CC(=O)OC(CCCOCc1ccccc1)CO[Si](c1ccccc1)(c1ccccc1)C(C)(C)C. The molecule has 0 bridgehead atoms. The van der Waals surface area contributed by atoms with E-state index in [1.807, 2.05) is 30.3 Å². The molecule has 186 valence electrons. The molecule has 35 heavy (non-hydrogen) atoms. The second-order valence-corrected chi connectivity index (χ2v) is 14.2. The van der Waals surface area contributed by atoms with Crippen molar-refractivity contribution in [2.45, 2.75) is 58.3 Å². The van der Waals surface area contributed by atoms with E-state index in [0.717, 1.165) is 12.0 Å². The number of rotatable bonds is 12. The number of esters is 1. The van der Waals surface area contributed by atoms with E-state index in [-0.39, 0.29) is 17.1 Å². The van der Waals surface area contributed by atoms with Gasteiger partial charge >= 0.3 is 5.97 Å². The highest BCUT2D eigenvalue weighted by atomic mass is 28.4. The van der Waals surface area contributed by atoms with Crippen LogP contribution in [0.25, 0.3) is 0 Å². The van der Waals surface area contributed by atoms with Crippen molar-refractivity contribution < 1.29 is 18.7 Å². The van der Waals surface area contributed by atoms with Crippen LogP contribution in [0.3, 0.4) is 0 Å². The quantitative estimate of drug-likeness (QED) is 0.191. The minimum atomic E-state index is -2.68. The molecule has 0 saturated carbocycles. The minimum absolute atomic E-state index is 0.130. The van der Waals surface area contributed by atoms with Crippen LogP contribution in [0.1, 0.15) is 46.1 Å². The number of carbonyl (C=O) groups excluding carboxylic acids is 1. The zero-order chi connectivity index (χ0) is 25.2. The summed E-state index contributed by atoms with van der Waals surface area (Å²) in [5.74, 6) is -0.286. The van der Waals surface area contributed by atoms with Crippen molar-refractivity contribution in [2.75, 3.05) is 13.2 Å². The first-order valence-corrected chi connectivity index (χ1v) is 14.3. The number of ether oxygens (including phenoxy) is 2. The van der Waals surface area contributed by atoms with E-state index in [1.54, 1.807) is 0 Å². The molecule has 3 rings (SSSR count). The molecule has 0 saturated heterocycles. The normalized spacial score (nSPS) is 12.8. The summed E-state index contributed by atoms with van der Waals surface area (Å²) < 4.78 is 18.5. The van der Waals surface area contributed by atoms with Gasteiger partial charge in [-0.15, -0.1) is 0 Å². The highest BCUT2D eigenvalue weighted by molar-refractivity contribution is 6.99. The lowest BCUT2D eigenvalue weighted by Gasteiger charge is -2.43. The lowest BCUT2D eigenvalue weighted by molar-refractivity contribution is -0.148. The lowest BCUT2D eigenvalue weighted by atomic mass is 10.2. The smallest absolute Gasteiger partial charge is 0.302 e. The average Bonchev–Trinajstić information content (AvgIpc) is 2.85. The van der Waals surface area contributed by atoms with E-state index < -0.39 is 8.32 Å². The summed E-state index contributed by atoms with van der Waals surface area (Å²) in [5.41, 5.74) is 1.15. The van der Waals surface area contributed by atoms with Crippen molar-refractivity contribution in [1.29, 1.82) is 0 Å². The number of hydrogen-bond donors (Lipinski definition) is 0. The van der Waals surface area contributed by atoms with Crippen LogP contribution < -0.4 is 10.4 Å². The van der Waals surface area contributed by atoms with Gasteiger partial charge in [-0.3, -0.25) is 4.79 Å². The Morgan fingerprint density at radius 2 is 1.34 bits per heavy atom. The highest BCUT2D eigenvalue weighted by Gasteiger charge is 2.50. The van der Waals surface area contributed by atoms with E-state index >= 15 is 0 Å². The second-order valence-electron chi connectivity index (χ2n) is 9.89. The summed E-state index contributed by atoms with van der Waals surface area (Å²) in [6.45, 7) is 9.74. The Kier molecular flexibility index (Phi) is 9.84. The van der Waals surface area contributed by atoms with Crippen molar-refractivity contribution in [2.24, 2.45) is 0 Å². The fourth-order valence-electron chi connectivity index (χ4n) is 4.57. The molecule has 5 heteroatoms. The zero-order valence-electron chi connectivity index (χ0n) is 21.4. The van der Waals surface area contributed by atoms with Crippen LogP contribution in [-0.2, 0) is 25.3 Å². The standard InChI is InChI=1S/C30H38O4Si/c1-25(31)34-27(17-14-22-32-23-26-15-8-5-9-16-26)24-33-35(30(2,3)4,28-18-10-6-11-19-28)29-20-12-7-13-21-29/h5-13,15-16,18-21,27H,14,17,22-24H2,1-4H3. The van der Waals surface area contributed by atoms with Gasteiger partial charge in [-0.25, -0.2) is 0 Å². The van der Waals surface area contributed by atoms with E-state index in [9.17, 15) is 4.79 Å². The highest BCUT2D eigenvalue weighted by Crippen LogP contribution is 2.37. The monoisotopic (exact) mass is 490 g/mol. The molecule has 0 aliphatic heterocycles. The Morgan fingerprint density at radius 3 is 1.83 bits per heavy atom. The van der Waals surface area contributed by atoms with Crippen LogP contribution in [0.4, 0.5) is 0 Å². The first-order chi connectivity index (χ1) is 16.8. The molecule has 1 atom stereocenters. The minimum Gasteiger partial charge on any atom is -0.460 e. The van der Waals surface area contributed by atoms with Gasteiger partial charge in [0.15, 0.2) is 0 Å². The lowest BCUT2D eigenvalue weighted by Crippen LogP contribution is -2.67. The Balaban J connectivity index is 1.74. The van der Waals surface area contributed by atoms with Crippen molar-refractivity contribution in [3.8, 4) is 0 Å². The summed E-state index contributed by atoms with van der Waals surface area (Å²) >= 11 is 0. The van der Waals surface area contributed by atoms with Crippen LogP contribution in [-0.4, -0.2) is 33.6 Å². The molecule has 3 aromatic rings. The molecule has 0 aromatic heterocycles. The Bertz CT molecular complexity index is 977. The maximum atomic E-state index is 11.9. The molecule has 0 heterocycles. The Hall–Kier alpha value is -2.73. The molecule has 0 aliphatic carbocycles. The largest absolute Gasteiger partial charge is 0.460 e. The van der Waals surface area contributed by atoms with Crippen molar-refractivity contribution in [1.82, 2.24) is 0 Å². The van der Waals surface area contributed by atoms with Gasteiger partial charge in [-0.1, -0.05) is 112 Å². The molecular weight excluding hydrogens is 452 g/mol. The third kappa shape index (κ3) is 7.37. The van der Waals surface area contributed by atoms with Gasteiger partial charge in [0.2, 0.25) is 0 Å².